The van der Waals surface area contributed by atoms with E-state index >= 15 is 0 Å². The topological polar surface area (TPSA) is 81.6 Å². The molecule has 1 aromatic carbocycles. The highest BCUT2D eigenvalue weighted by Crippen LogP contribution is 2.29. The quantitative estimate of drug-likeness (QED) is 0.657. The van der Waals surface area contributed by atoms with E-state index in [1.165, 1.54) is 13.5 Å². The molecule has 0 aromatic heterocycles. The normalized spacial score (nSPS) is 19.8. The molecule has 2 N–H and O–H groups in total. The van der Waals surface area contributed by atoms with Crippen molar-refractivity contribution in [1.29, 1.82) is 0 Å². The largest absolute Gasteiger partial charge is 0.490 e. The van der Waals surface area contributed by atoms with Crippen LogP contribution < -0.4 is 10.5 Å². The van der Waals surface area contributed by atoms with E-state index in [0.717, 1.165) is 24.9 Å². The predicted octanol–water partition coefficient (Wildman–Crippen LogP) is 1.92. The number of nitrogens with zero attached hydrogens (tertiary/aromatic N) is 2. The highest BCUT2D eigenvalue weighted by atomic mass is 16.6. The van der Waals surface area contributed by atoms with Gasteiger partial charge < -0.3 is 10.5 Å². The van der Waals surface area contributed by atoms with Crippen molar-refractivity contribution in [3.8, 4) is 5.75 Å². The fraction of sp³-hybridized carbons (Fsp3) is 0.571. The summed E-state index contributed by atoms with van der Waals surface area (Å²) in [5.41, 5.74) is 6.75. The van der Waals surface area contributed by atoms with Crippen LogP contribution in [0.3, 0.4) is 0 Å². The second-order valence-corrected chi connectivity index (χ2v) is 5.12. The lowest BCUT2D eigenvalue weighted by molar-refractivity contribution is -0.385. The summed E-state index contributed by atoms with van der Waals surface area (Å²) in [6.45, 7) is 2.34. The van der Waals surface area contributed by atoms with Crippen LogP contribution in [0.1, 0.15) is 24.8 Å². The molecule has 1 aromatic rings. The van der Waals surface area contributed by atoms with E-state index in [2.05, 4.69) is 4.90 Å². The molecule has 1 aliphatic heterocycles. The Labute approximate surface area is 118 Å². The summed E-state index contributed by atoms with van der Waals surface area (Å²) in [7, 11) is 1.44. The molecule has 20 heavy (non-hydrogen) atoms. The molecule has 1 aliphatic rings. The van der Waals surface area contributed by atoms with Crippen LogP contribution in [0.4, 0.5) is 5.69 Å². The minimum Gasteiger partial charge on any atom is -0.490 e. The van der Waals surface area contributed by atoms with Crippen molar-refractivity contribution < 1.29 is 9.66 Å². The van der Waals surface area contributed by atoms with Gasteiger partial charge in [0.2, 0.25) is 0 Å². The lowest BCUT2D eigenvalue weighted by Crippen LogP contribution is -2.43. The minimum atomic E-state index is -0.404. The highest BCUT2D eigenvalue weighted by molar-refractivity contribution is 5.48. The molecule has 1 saturated heterocycles. The number of nitro groups is 1. The average molecular weight is 279 g/mol. The summed E-state index contributed by atoms with van der Waals surface area (Å²) in [4.78, 5) is 12.9. The predicted molar refractivity (Wildman–Crippen MR) is 76.8 cm³/mol. The van der Waals surface area contributed by atoms with Gasteiger partial charge in [-0.15, -0.1) is 0 Å². The average Bonchev–Trinajstić information content (AvgIpc) is 2.47. The summed E-state index contributed by atoms with van der Waals surface area (Å²) < 4.78 is 5.02. The summed E-state index contributed by atoms with van der Waals surface area (Å²) in [6.07, 6.45) is 3.48. The Bertz CT molecular complexity index is 479. The number of hydrogen-bond acceptors (Lipinski definition) is 5. The van der Waals surface area contributed by atoms with Crippen molar-refractivity contribution in [2.75, 3.05) is 20.2 Å². The Morgan fingerprint density at radius 1 is 1.50 bits per heavy atom. The number of rotatable bonds is 5. The molecule has 6 heteroatoms. The van der Waals surface area contributed by atoms with E-state index < -0.39 is 4.92 Å². The van der Waals surface area contributed by atoms with Gasteiger partial charge in [-0.05, 0) is 31.0 Å². The second kappa shape index (κ2) is 6.67. The number of piperidine rings is 1. The van der Waals surface area contributed by atoms with Gasteiger partial charge in [-0.3, -0.25) is 15.0 Å². The van der Waals surface area contributed by atoms with Crippen LogP contribution in [0.2, 0.25) is 0 Å². The lowest BCUT2D eigenvalue weighted by atomic mass is 10.0. The van der Waals surface area contributed by atoms with Crippen LogP contribution in [0.5, 0.6) is 5.75 Å². The molecular formula is C14H21N3O3. The number of hydrogen-bond donors (Lipinski definition) is 1. The molecule has 6 nitrogen and oxygen atoms in total. The maximum Gasteiger partial charge on any atom is 0.311 e. The summed E-state index contributed by atoms with van der Waals surface area (Å²) >= 11 is 0. The van der Waals surface area contributed by atoms with E-state index in [0.29, 0.717) is 24.9 Å². The highest BCUT2D eigenvalue weighted by Gasteiger charge is 2.22. The maximum atomic E-state index is 11.0. The van der Waals surface area contributed by atoms with Crippen molar-refractivity contribution in [2.24, 2.45) is 5.73 Å². The zero-order valence-corrected chi connectivity index (χ0v) is 11.7. The third kappa shape index (κ3) is 3.26. The van der Waals surface area contributed by atoms with Crippen LogP contribution in [0.15, 0.2) is 18.2 Å². The standard InChI is InChI=1S/C14H21N3O3/c1-20-14-6-5-11(8-13(14)17(18)19)10-16-7-3-2-4-12(16)9-15/h5-6,8,12H,2-4,7,9-10,15H2,1H3. The second-order valence-electron chi connectivity index (χ2n) is 5.12. The minimum absolute atomic E-state index is 0.0197. The number of nitro benzene ring substituents is 1. The molecule has 0 radical (unpaired) electrons. The van der Waals surface area contributed by atoms with Gasteiger partial charge in [-0.25, -0.2) is 0 Å². The maximum absolute atomic E-state index is 11.0. The summed E-state index contributed by atoms with van der Waals surface area (Å²) in [6, 6.07) is 5.52. The molecule has 0 saturated carbocycles. The molecule has 1 unspecified atom stereocenters. The molecule has 0 spiro atoms. The Hall–Kier alpha value is -1.66. The zero-order chi connectivity index (χ0) is 14.5. The molecule has 0 aliphatic carbocycles. The molecule has 0 amide bonds. The van der Waals surface area contributed by atoms with Gasteiger partial charge in [0.15, 0.2) is 5.75 Å². The molecular weight excluding hydrogens is 258 g/mol. The Morgan fingerprint density at radius 2 is 2.30 bits per heavy atom. The number of nitrogens with two attached hydrogens (primary N) is 1. The van der Waals surface area contributed by atoms with Crippen molar-refractivity contribution >= 4 is 5.69 Å². The van der Waals surface area contributed by atoms with Gasteiger partial charge in [-0.1, -0.05) is 12.5 Å². The fourth-order valence-corrected chi connectivity index (χ4v) is 2.75. The first-order valence-corrected chi connectivity index (χ1v) is 6.91. The van der Waals surface area contributed by atoms with Crippen LogP contribution in [-0.2, 0) is 6.54 Å². The Balaban J connectivity index is 2.16. The number of likely N-dealkylation sites (tertiary alicyclic amines) is 1. The van der Waals surface area contributed by atoms with Crippen molar-refractivity contribution in [2.45, 2.75) is 31.8 Å². The van der Waals surface area contributed by atoms with Crippen molar-refractivity contribution in [3.63, 3.8) is 0 Å². The molecule has 110 valence electrons. The van der Waals surface area contributed by atoms with E-state index in [1.807, 2.05) is 6.07 Å². The monoisotopic (exact) mass is 279 g/mol. The SMILES string of the molecule is COc1ccc(CN2CCCCC2CN)cc1[N+](=O)[O-]. The Kier molecular flexibility index (Phi) is 4.92. The van der Waals surface area contributed by atoms with Gasteiger partial charge in [0.05, 0.1) is 12.0 Å². The van der Waals surface area contributed by atoms with Crippen LogP contribution in [-0.4, -0.2) is 36.1 Å². The molecule has 2 rings (SSSR count). The fourth-order valence-electron chi connectivity index (χ4n) is 2.75. The van der Waals surface area contributed by atoms with Gasteiger partial charge in [0.25, 0.3) is 0 Å². The van der Waals surface area contributed by atoms with Crippen LogP contribution >= 0.6 is 0 Å². The molecule has 0 bridgehead atoms. The smallest absolute Gasteiger partial charge is 0.311 e. The van der Waals surface area contributed by atoms with E-state index in [-0.39, 0.29) is 5.69 Å². The number of ether oxygens (including phenoxy) is 1. The zero-order valence-electron chi connectivity index (χ0n) is 11.7. The first kappa shape index (κ1) is 14.7. The summed E-state index contributed by atoms with van der Waals surface area (Å²) in [5, 5.41) is 11.0. The number of benzene rings is 1. The van der Waals surface area contributed by atoms with Gasteiger partial charge in [0.1, 0.15) is 0 Å². The Morgan fingerprint density at radius 3 is 2.95 bits per heavy atom. The summed E-state index contributed by atoms with van der Waals surface area (Å²) in [5.74, 6) is 0.299. The van der Waals surface area contributed by atoms with Gasteiger partial charge in [-0.2, -0.15) is 0 Å². The van der Waals surface area contributed by atoms with E-state index in [4.69, 9.17) is 10.5 Å². The van der Waals surface area contributed by atoms with Crippen LogP contribution in [0, 0.1) is 10.1 Å². The van der Waals surface area contributed by atoms with Gasteiger partial charge in [0, 0.05) is 25.2 Å². The number of methoxy groups -OCH3 is 1. The molecule has 1 atom stereocenters. The van der Waals surface area contributed by atoms with Crippen LogP contribution in [0.25, 0.3) is 0 Å². The van der Waals surface area contributed by atoms with Crippen molar-refractivity contribution in [3.05, 3.63) is 33.9 Å². The van der Waals surface area contributed by atoms with E-state index in [9.17, 15) is 10.1 Å². The first-order chi connectivity index (χ1) is 9.65. The molecule has 1 fully saturated rings. The molecule has 1 heterocycles. The van der Waals surface area contributed by atoms with Gasteiger partial charge >= 0.3 is 5.69 Å². The third-order valence-corrected chi connectivity index (χ3v) is 3.85. The first-order valence-electron chi connectivity index (χ1n) is 6.91. The van der Waals surface area contributed by atoms with E-state index in [1.54, 1.807) is 12.1 Å². The third-order valence-electron chi connectivity index (χ3n) is 3.85. The van der Waals surface area contributed by atoms with Crippen molar-refractivity contribution in [1.82, 2.24) is 4.90 Å². The lowest BCUT2D eigenvalue weighted by Gasteiger charge is -2.34.